The fourth-order valence-corrected chi connectivity index (χ4v) is 2.24. The number of nitrogens with one attached hydrogen (secondary N) is 2. The van der Waals surface area contributed by atoms with Crippen molar-refractivity contribution in [1.29, 1.82) is 0 Å². The monoisotopic (exact) mass is 281 g/mol. The summed E-state index contributed by atoms with van der Waals surface area (Å²) in [4.78, 5) is 12.0. The number of amides is 2. The molecule has 0 aliphatic carbocycles. The van der Waals surface area contributed by atoms with E-state index in [1.54, 1.807) is 10.6 Å². The Kier molecular flexibility index (Phi) is 3.27. The Balaban J connectivity index is 1.77. The van der Waals surface area contributed by atoms with Crippen LogP contribution in [0.25, 0.3) is 5.65 Å². The number of rotatable bonds is 2. The minimum absolute atomic E-state index is 0.349. The molecule has 0 aliphatic heterocycles. The van der Waals surface area contributed by atoms with Gasteiger partial charge in [-0.3, -0.25) is 9.72 Å². The average molecular weight is 281 g/mol. The highest BCUT2D eigenvalue weighted by molar-refractivity contribution is 5.98. The van der Waals surface area contributed by atoms with Crippen LogP contribution in [0.3, 0.4) is 0 Å². The molecule has 21 heavy (non-hydrogen) atoms. The van der Waals surface area contributed by atoms with Gasteiger partial charge in [-0.25, -0.2) is 4.79 Å². The summed E-state index contributed by atoms with van der Waals surface area (Å²) in [7, 11) is 0. The summed E-state index contributed by atoms with van der Waals surface area (Å²) in [5.41, 5.74) is 3.62. The van der Waals surface area contributed by atoms with Crippen LogP contribution in [-0.4, -0.2) is 20.6 Å². The number of pyridine rings is 1. The van der Waals surface area contributed by atoms with Gasteiger partial charge in [-0.15, -0.1) is 10.2 Å². The van der Waals surface area contributed by atoms with Crippen molar-refractivity contribution in [1.82, 2.24) is 14.6 Å². The van der Waals surface area contributed by atoms with Crippen LogP contribution >= 0.6 is 0 Å². The topological polar surface area (TPSA) is 71.3 Å². The van der Waals surface area contributed by atoms with Crippen LogP contribution in [0.2, 0.25) is 0 Å². The van der Waals surface area contributed by atoms with Crippen molar-refractivity contribution in [2.24, 2.45) is 0 Å². The Bertz CT molecular complexity index is 788. The molecule has 0 fully saturated rings. The summed E-state index contributed by atoms with van der Waals surface area (Å²) in [5.74, 6) is 0.382. The number of carbonyl (C=O) groups excluding carboxylic acids is 1. The Morgan fingerprint density at radius 3 is 2.57 bits per heavy atom. The average Bonchev–Trinajstić information content (AvgIpc) is 2.81. The lowest BCUT2D eigenvalue weighted by Crippen LogP contribution is -2.21. The normalized spacial score (nSPS) is 10.6. The summed E-state index contributed by atoms with van der Waals surface area (Å²) in [6.07, 6.45) is 1.79. The van der Waals surface area contributed by atoms with E-state index in [4.69, 9.17) is 0 Å². The molecule has 0 spiro atoms. The van der Waals surface area contributed by atoms with E-state index in [1.165, 1.54) is 0 Å². The summed E-state index contributed by atoms with van der Waals surface area (Å²) in [5, 5.41) is 13.4. The Hall–Kier alpha value is -2.89. The minimum Gasteiger partial charge on any atom is -0.308 e. The van der Waals surface area contributed by atoms with Gasteiger partial charge in [0.1, 0.15) is 0 Å². The second kappa shape index (κ2) is 5.24. The molecule has 6 heteroatoms. The third-order valence-electron chi connectivity index (χ3n) is 3.02. The molecule has 6 nitrogen and oxygen atoms in total. The molecule has 0 radical (unpaired) electrons. The largest absolute Gasteiger partial charge is 0.326 e. The van der Waals surface area contributed by atoms with Crippen LogP contribution in [-0.2, 0) is 0 Å². The van der Waals surface area contributed by atoms with Crippen molar-refractivity contribution in [3.63, 3.8) is 0 Å². The quantitative estimate of drug-likeness (QED) is 0.758. The number of hydrogen-bond donors (Lipinski definition) is 2. The summed E-state index contributed by atoms with van der Waals surface area (Å²) in [6, 6.07) is 11.1. The number of aromatic nitrogens is 3. The molecule has 0 aliphatic rings. The molecular weight excluding hydrogens is 266 g/mol. The van der Waals surface area contributed by atoms with Gasteiger partial charge in [-0.1, -0.05) is 12.1 Å². The molecule has 3 rings (SSSR count). The van der Waals surface area contributed by atoms with Crippen molar-refractivity contribution >= 4 is 23.3 Å². The lowest BCUT2D eigenvalue weighted by molar-refractivity contribution is 0.262. The second-order valence-electron chi connectivity index (χ2n) is 4.91. The molecule has 2 aromatic heterocycles. The zero-order valence-electron chi connectivity index (χ0n) is 11.8. The van der Waals surface area contributed by atoms with Crippen molar-refractivity contribution in [3.8, 4) is 0 Å². The lowest BCUT2D eigenvalue weighted by Gasteiger charge is -2.08. The second-order valence-corrected chi connectivity index (χ2v) is 4.91. The Morgan fingerprint density at radius 1 is 1.05 bits per heavy atom. The third kappa shape index (κ3) is 2.84. The number of fused-ring (bicyclic) bond motifs is 1. The van der Waals surface area contributed by atoms with Gasteiger partial charge in [-0.05, 0) is 49.2 Å². The predicted octanol–water partition coefficient (Wildman–Crippen LogP) is 2.99. The first kappa shape index (κ1) is 13.1. The van der Waals surface area contributed by atoms with Crippen LogP contribution in [0.5, 0.6) is 0 Å². The number of urea groups is 1. The molecule has 0 atom stereocenters. The van der Waals surface area contributed by atoms with Crippen LogP contribution in [0.4, 0.5) is 16.4 Å². The maximum atomic E-state index is 12.0. The molecule has 106 valence electrons. The zero-order valence-corrected chi connectivity index (χ0v) is 11.8. The van der Waals surface area contributed by atoms with E-state index < -0.39 is 0 Å². The maximum absolute atomic E-state index is 12.0. The lowest BCUT2D eigenvalue weighted by atomic mass is 10.1. The van der Waals surface area contributed by atoms with Crippen molar-refractivity contribution in [3.05, 3.63) is 53.7 Å². The minimum atomic E-state index is -0.349. The molecule has 0 unspecified atom stereocenters. The molecule has 2 amide bonds. The van der Waals surface area contributed by atoms with Gasteiger partial charge >= 0.3 is 6.03 Å². The third-order valence-corrected chi connectivity index (χ3v) is 3.02. The molecule has 2 N–H and O–H groups in total. The Morgan fingerprint density at radius 2 is 1.81 bits per heavy atom. The van der Waals surface area contributed by atoms with Crippen molar-refractivity contribution < 1.29 is 4.79 Å². The fraction of sp³-hybridized carbons (Fsp3) is 0.133. The molecule has 2 heterocycles. The molecular formula is C15H15N5O. The first-order valence-corrected chi connectivity index (χ1v) is 6.58. The van der Waals surface area contributed by atoms with Gasteiger partial charge in [0.25, 0.3) is 0 Å². The van der Waals surface area contributed by atoms with Gasteiger partial charge in [0.05, 0.1) is 0 Å². The highest BCUT2D eigenvalue weighted by Crippen LogP contribution is 2.14. The van der Waals surface area contributed by atoms with Gasteiger partial charge in [-0.2, -0.15) is 0 Å². The van der Waals surface area contributed by atoms with Crippen molar-refractivity contribution in [2.75, 3.05) is 10.6 Å². The van der Waals surface area contributed by atoms with Gasteiger partial charge in [0, 0.05) is 11.9 Å². The fourth-order valence-electron chi connectivity index (χ4n) is 2.24. The van der Waals surface area contributed by atoms with Crippen molar-refractivity contribution in [2.45, 2.75) is 13.8 Å². The summed E-state index contributed by atoms with van der Waals surface area (Å²) >= 11 is 0. The first-order valence-electron chi connectivity index (χ1n) is 6.58. The number of benzene rings is 1. The number of nitrogens with zero attached hydrogens (tertiary/aromatic N) is 3. The van der Waals surface area contributed by atoms with E-state index in [0.717, 1.165) is 16.8 Å². The van der Waals surface area contributed by atoms with Gasteiger partial charge in [0.15, 0.2) is 5.65 Å². The van der Waals surface area contributed by atoms with Crippen LogP contribution in [0.15, 0.2) is 42.6 Å². The predicted molar refractivity (Wildman–Crippen MR) is 81.5 cm³/mol. The van der Waals surface area contributed by atoms with Crippen LogP contribution in [0, 0.1) is 13.8 Å². The number of hydrogen-bond acceptors (Lipinski definition) is 3. The van der Waals surface area contributed by atoms with Crippen LogP contribution in [0.1, 0.15) is 11.1 Å². The molecule has 1 aromatic carbocycles. The van der Waals surface area contributed by atoms with E-state index in [9.17, 15) is 4.79 Å². The van der Waals surface area contributed by atoms with E-state index >= 15 is 0 Å². The molecule has 0 bridgehead atoms. The number of anilines is 2. The molecule has 0 saturated heterocycles. The maximum Gasteiger partial charge on any atom is 0.326 e. The van der Waals surface area contributed by atoms with E-state index in [1.807, 2.05) is 44.2 Å². The summed E-state index contributed by atoms with van der Waals surface area (Å²) in [6.45, 7) is 3.98. The first-order chi connectivity index (χ1) is 10.1. The SMILES string of the molecule is Cc1cc(C)cc(NC(=O)Nc2nnc3ccccn23)c1. The standard InChI is InChI=1S/C15H15N5O/c1-10-7-11(2)9-12(8-10)16-15(21)17-14-19-18-13-5-3-4-6-20(13)14/h3-9H,1-2H3,(H2,16,17,19,21). The van der Waals surface area contributed by atoms with Gasteiger partial charge < -0.3 is 5.32 Å². The molecule has 3 aromatic rings. The zero-order chi connectivity index (χ0) is 14.8. The van der Waals surface area contributed by atoms with Crippen LogP contribution < -0.4 is 10.6 Å². The molecule has 0 saturated carbocycles. The van der Waals surface area contributed by atoms with E-state index in [-0.39, 0.29) is 6.03 Å². The van der Waals surface area contributed by atoms with E-state index in [2.05, 4.69) is 26.9 Å². The number of aryl methyl sites for hydroxylation is 2. The van der Waals surface area contributed by atoms with E-state index in [0.29, 0.717) is 11.6 Å². The smallest absolute Gasteiger partial charge is 0.308 e. The highest BCUT2D eigenvalue weighted by Gasteiger charge is 2.09. The van der Waals surface area contributed by atoms with Gasteiger partial charge in [0.2, 0.25) is 5.95 Å². The number of carbonyl (C=O) groups is 1. The summed E-state index contributed by atoms with van der Waals surface area (Å²) < 4.78 is 1.71. The highest BCUT2D eigenvalue weighted by atomic mass is 16.2. The Labute approximate surface area is 121 Å².